The van der Waals surface area contributed by atoms with Crippen LogP contribution in [0.5, 0.6) is 0 Å². The Bertz CT molecular complexity index is 874. The highest BCUT2D eigenvalue weighted by atomic mass is 31.2. The summed E-state index contributed by atoms with van der Waals surface area (Å²) in [6.45, 7) is 2.13. The van der Waals surface area contributed by atoms with Gasteiger partial charge in [-0.25, -0.2) is 0 Å². The number of unbranched alkanes of at least 4 members (excludes halogenated alkanes) is 1. The van der Waals surface area contributed by atoms with Crippen LogP contribution in [0.1, 0.15) is 35.7 Å². The van der Waals surface area contributed by atoms with Crippen LogP contribution in [-0.4, -0.2) is 5.52 Å². The maximum atomic E-state index is 14.2. The predicted octanol–water partition coefficient (Wildman–Crippen LogP) is 5.18. The molecule has 0 bridgehead atoms. The predicted molar refractivity (Wildman–Crippen MR) is 109 cm³/mol. The van der Waals surface area contributed by atoms with Gasteiger partial charge in [0.1, 0.15) is 0 Å². The smallest absolute Gasteiger partial charge is 0.230 e. The lowest BCUT2D eigenvalue weighted by Gasteiger charge is -2.19. The third-order valence-corrected chi connectivity index (χ3v) is 7.44. The van der Waals surface area contributed by atoms with Crippen molar-refractivity contribution in [1.82, 2.24) is 0 Å². The molecule has 0 aliphatic rings. The molecular weight excluding hydrogens is 339 g/mol. The van der Waals surface area contributed by atoms with E-state index >= 15 is 0 Å². The van der Waals surface area contributed by atoms with E-state index in [0.29, 0.717) is 16.2 Å². The molecule has 0 unspecified atom stereocenters. The molecule has 0 aliphatic carbocycles. The van der Waals surface area contributed by atoms with Crippen LogP contribution < -0.4 is 10.6 Å². The lowest BCUT2D eigenvalue weighted by molar-refractivity contribution is 0.107. The van der Waals surface area contributed by atoms with Crippen molar-refractivity contribution in [2.45, 2.75) is 26.2 Å². The van der Waals surface area contributed by atoms with Gasteiger partial charge < -0.3 is 4.57 Å². The SMILES string of the molecule is CCCCc1ccccc1C(=O)P(=O)(c1ccccc1)c1ccccc1. The Hall–Kier alpha value is -2.44. The minimum absolute atomic E-state index is 0.276. The first-order valence-electron chi connectivity index (χ1n) is 9.02. The van der Waals surface area contributed by atoms with Crippen LogP contribution in [0.25, 0.3) is 0 Å². The third kappa shape index (κ3) is 3.57. The van der Waals surface area contributed by atoms with E-state index in [9.17, 15) is 9.36 Å². The van der Waals surface area contributed by atoms with Crippen LogP contribution in [0.3, 0.4) is 0 Å². The van der Waals surface area contributed by atoms with Crippen molar-refractivity contribution in [3.05, 3.63) is 96.1 Å². The van der Waals surface area contributed by atoms with E-state index in [-0.39, 0.29) is 5.52 Å². The number of aryl methyl sites for hydroxylation is 1. The first kappa shape index (κ1) is 18.4. The van der Waals surface area contributed by atoms with Crippen molar-refractivity contribution < 1.29 is 9.36 Å². The summed E-state index contributed by atoms with van der Waals surface area (Å²) in [5, 5.41) is 1.17. The average Bonchev–Trinajstić information content (AvgIpc) is 2.72. The lowest BCUT2D eigenvalue weighted by atomic mass is 10.0. The van der Waals surface area contributed by atoms with E-state index in [4.69, 9.17) is 0 Å². The molecule has 3 aromatic rings. The average molecular weight is 362 g/mol. The van der Waals surface area contributed by atoms with E-state index < -0.39 is 7.14 Å². The molecule has 132 valence electrons. The Morgan fingerprint density at radius 1 is 0.769 bits per heavy atom. The van der Waals surface area contributed by atoms with Gasteiger partial charge >= 0.3 is 0 Å². The summed E-state index contributed by atoms with van der Waals surface area (Å²) < 4.78 is 14.2. The second kappa shape index (κ2) is 8.29. The van der Waals surface area contributed by atoms with E-state index in [1.807, 2.05) is 60.7 Å². The fourth-order valence-corrected chi connectivity index (χ4v) is 5.65. The molecule has 0 amide bonds. The minimum atomic E-state index is -3.43. The minimum Gasteiger partial charge on any atom is -0.305 e. The molecule has 0 atom stereocenters. The quantitative estimate of drug-likeness (QED) is 0.543. The maximum Gasteiger partial charge on any atom is 0.230 e. The lowest BCUT2D eigenvalue weighted by Crippen LogP contribution is -2.23. The molecule has 0 N–H and O–H groups in total. The number of hydrogen-bond donors (Lipinski definition) is 0. The van der Waals surface area contributed by atoms with Gasteiger partial charge in [0.05, 0.1) is 0 Å². The summed E-state index contributed by atoms with van der Waals surface area (Å²) in [5.41, 5.74) is 1.28. The van der Waals surface area contributed by atoms with Crippen molar-refractivity contribution in [2.24, 2.45) is 0 Å². The maximum absolute atomic E-state index is 14.2. The molecule has 0 heterocycles. The van der Waals surface area contributed by atoms with Gasteiger partial charge in [0.25, 0.3) is 0 Å². The number of hydrogen-bond acceptors (Lipinski definition) is 2. The largest absolute Gasteiger partial charge is 0.305 e. The second-order valence-electron chi connectivity index (χ2n) is 6.35. The molecular formula is C23H23O2P. The number of benzene rings is 3. The summed E-state index contributed by atoms with van der Waals surface area (Å²) in [7, 11) is -3.43. The van der Waals surface area contributed by atoms with Crippen LogP contribution >= 0.6 is 7.14 Å². The summed E-state index contributed by atoms with van der Waals surface area (Å²) in [6.07, 6.45) is 2.88. The van der Waals surface area contributed by atoms with Gasteiger partial charge in [-0.05, 0) is 18.4 Å². The Kier molecular flexibility index (Phi) is 5.85. The molecule has 3 aromatic carbocycles. The summed E-state index contributed by atoms with van der Waals surface area (Å²) in [5.74, 6) is 0. The highest BCUT2D eigenvalue weighted by Gasteiger charge is 2.37. The second-order valence-corrected chi connectivity index (χ2v) is 9.00. The van der Waals surface area contributed by atoms with Gasteiger partial charge in [-0.3, -0.25) is 4.79 Å². The van der Waals surface area contributed by atoms with Gasteiger partial charge in [-0.2, -0.15) is 0 Å². The fourth-order valence-electron chi connectivity index (χ4n) is 3.14. The Balaban J connectivity index is 2.16. The van der Waals surface area contributed by atoms with Crippen molar-refractivity contribution >= 4 is 23.3 Å². The highest BCUT2D eigenvalue weighted by molar-refractivity contribution is 7.93. The highest BCUT2D eigenvalue weighted by Crippen LogP contribution is 2.47. The molecule has 0 saturated heterocycles. The zero-order valence-corrected chi connectivity index (χ0v) is 15.9. The van der Waals surface area contributed by atoms with Gasteiger partial charge in [-0.15, -0.1) is 0 Å². The standard InChI is InChI=1S/C23H23O2P/c1-2-3-12-19-13-10-11-18-22(19)23(24)26(25,20-14-6-4-7-15-20)21-16-8-5-9-17-21/h4-11,13-18H,2-3,12H2,1H3. The van der Waals surface area contributed by atoms with E-state index in [0.717, 1.165) is 24.8 Å². The van der Waals surface area contributed by atoms with E-state index in [1.54, 1.807) is 24.3 Å². The van der Waals surface area contributed by atoms with Crippen molar-refractivity contribution in [2.75, 3.05) is 0 Å². The molecule has 0 aliphatic heterocycles. The molecule has 0 fully saturated rings. The van der Waals surface area contributed by atoms with Gasteiger partial charge in [0.15, 0.2) is 0 Å². The van der Waals surface area contributed by atoms with E-state index in [2.05, 4.69) is 6.92 Å². The normalized spacial score (nSPS) is 11.3. The fraction of sp³-hybridized carbons (Fsp3) is 0.174. The molecule has 0 radical (unpaired) electrons. The Morgan fingerprint density at radius 2 is 1.27 bits per heavy atom. The van der Waals surface area contributed by atoms with Gasteiger partial charge in [-0.1, -0.05) is 98.3 Å². The number of carbonyl (C=O) groups excluding carboxylic acids is 1. The first-order chi connectivity index (χ1) is 12.7. The number of carbonyl (C=O) groups is 1. The van der Waals surface area contributed by atoms with Crippen molar-refractivity contribution in [3.8, 4) is 0 Å². The van der Waals surface area contributed by atoms with Crippen LogP contribution in [-0.2, 0) is 11.0 Å². The van der Waals surface area contributed by atoms with Crippen molar-refractivity contribution in [3.63, 3.8) is 0 Å². The molecule has 0 aromatic heterocycles. The molecule has 0 spiro atoms. The van der Waals surface area contributed by atoms with Gasteiger partial charge in [0.2, 0.25) is 12.7 Å². The topological polar surface area (TPSA) is 34.1 Å². The molecule has 26 heavy (non-hydrogen) atoms. The van der Waals surface area contributed by atoms with Gasteiger partial charge in [0, 0.05) is 16.2 Å². The summed E-state index contributed by atoms with van der Waals surface area (Å²) in [4.78, 5) is 13.6. The van der Waals surface area contributed by atoms with E-state index in [1.165, 1.54) is 0 Å². The monoisotopic (exact) mass is 362 g/mol. The Morgan fingerprint density at radius 3 is 1.81 bits per heavy atom. The Labute approximate surface area is 155 Å². The summed E-state index contributed by atoms with van der Waals surface area (Å²) >= 11 is 0. The van der Waals surface area contributed by atoms with Crippen molar-refractivity contribution in [1.29, 1.82) is 0 Å². The molecule has 2 nitrogen and oxygen atoms in total. The molecule has 3 rings (SSSR count). The van der Waals surface area contributed by atoms with Crippen LogP contribution in [0, 0.1) is 0 Å². The molecule has 0 saturated carbocycles. The summed E-state index contributed by atoms with van der Waals surface area (Å²) in [6, 6.07) is 25.8. The number of rotatable bonds is 7. The zero-order chi connectivity index (χ0) is 18.4. The van der Waals surface area contributed by atoms with Crippen LogP contribution in [0.2, 0.25) is 0 Å². The zero-order valence-electron chi connectivity index (χ0n) is 15.0. The van der Waals surface area contributed by atoms with Crippen LogP contribution in [0.4, 0.5) is 0 Å². The third-order valence-electron chi connectivity index (χ3n) is 4.57. The molecule has 3 heteroatoms. The van der Waals surface area contributed by atoms with Crippen LogP contribution in [0.15, 0.2) is 84.9 Å². The first-order valence-corrected chi connectivity index (χ1v) is 10.7.